The molecular formula is C27H42N3O11Pt2-3. The fourth-order valence-corrected chi connectivity index (χ4v) is 3.00. The van der Waals surface area contributed by atoms with E-state index in [4.69, 9.17) is 46.6 Å². The van der Waals surface area contributed by atoms with Crippen LogP contribution in [0.1, 0.15) is 69.8 Å². The summed E-state index contributed by atoms with van der Waals surface area (Å²) in [5.41, 5.74) is 15.8. The molecule has 8 N–H and O–H groups in total. The Morgan fingerprint density at radius 3 is 1.47 bits per heavy atom. The Labute approximate surface area is 280 Å². The van der Waals surface area contributed by atoms with Crippen molar-refractivity contribution in [1.29, 1.82) is 0 Å². The molecule has 1 aromatic carbocycles. The number of carboxylic acid groups (broad SMARTS) is 5. The molecule has 254 valence electrons. The number of aliphatic carboxylic acids is 5. The zero-order chi connectivity index (χ0) is 30.9. The fourth-order valence-electron chi connectivity index (χ4n) is 3.00. The van der Waals surface area contributed by atoms with Crippen molar-refractivity contribution in [2.24, 2.45) is 0 Å². The Balaban J connectivity index is -0.000000152. The van der Waals surface area contributed by atoms with Crippen molar-refractivity contribution in [3.05, 3.63) is 54.8 Å². The molecule has 1 amide bonds. The van der Waals surface area contributed by atoms with Gasteiger partial charge in [-0.3, -0.25) is 19.2 Å². The van der Waals surface area contributed by atoms with Gasteiger partial charge in [-0.25, -0.2) is 9.59 Å². The van der Waals surface area contributed by atoms with Gasteiger partial charge in [0, 0.05) is 67.9 Å². The summed E-state index contributed by atoms with van der Waals surface area (Å²) in [6.07, 6.45) is 6.16. The smallest absolute Gasteiger partial charge is 0.414 e. The molecule has 0 aromatic heterocycles. The molecule has 1 aromatic rings. The third kappa shape index (κ3) is 37.3. The molecule has 1 aliphatic rings. The van der Waals surface area contributed by atoms with Crippen molar-refractivity contribution in [3.8, 4) is 0 Å². The number of carbonyl (C=O) groups excluding carboxylic acids is 1. The monoisotopic (exact) mass is 974 g/mol. The molecule has 0 heterocycles. The number of hydrogen-bond donors (Lipinski definition) is 6. The van der Waals surface area contributed by atoms with Crippen LogP contribution in [0.5, 0.6) is 0 Å². The molecule has 0 aliphatic heterocycles. The molecule has 16 heteroatoms. The van der Waals surface area contributed by atoms with Gasteiger partial charge in [0.2, 0.25) is 5.91 Å². The predicted molar refractivity (Wildman–Crippen MR) is 150 cm³/mol. The van der Waals surface area contributed by atoms with E-state index in [-0.39, 0.29) is 99.8 Å². The predicted octanol–water partition coefficient (Wildman–Crippen LogP) is 3.93. The van der Waals surface area contributed by atoms with E-state index in [9.17, 15) is 19.2 Å². The number of aryl methyl sites for hydroxylation is 1. The zero-order valence-electron chi connectivity index (χ0n) is 23.8. The second kappa shape index (κ2) is 32.3. The fraction of sp³-hybridized carbons (Fsp3) is 0.519. The van der Waals surface area contributed by atoms with Gasteiger partial charge in [-0.2, -0.15) is 12.1 Å². The van der Waals surface area contributed by atoms with Crippen LogP contribution in [0.2, 0.25) is 0 Å². The van der Waals surface area contributed by atoms with E-state index in [0.717, 1.165) is 25.7 Å². The van der Waals surface area contributed by atoms with E-state index in [0.29, 0.717) is 6.42 Å². The SMILES string of the molecule is O=C(O)C(=O)O.O=C(O)CCCNC(=O)CCC(=O)O.O=C(O)CCCc1ccccc1.[CH3-].[NH-]C1CCCCC1[NH-].[Pt].[Pt]. The molecule has 14 nitrogen and oxygen atoms in total. The van der Waals surface area contributed by atoms with Crippen molar-refractivity contribution < 1.29 is 96.4 Å². The van der Waals surface area contributed by atoms with Crippen LogP contribution in [0.4, 0.5) is 0 Å². The van der Waals surface area contributed by atoms with E-state index in [1.807, 2.05) is 30.3 Å². The number of carbonyl (C=O) groups is 6. The molecule has 2 rings (SSSR count). The maximum Gasteiger partial charge on any atom is 0.414 e. The van der Waals surface area contributed by atoms with E-state index >= 15 is 0 Å². The molecule has 0 saturated heterocycles. The van der Waals surface area contributed by atoms with Gasteiger partial charge in [0.05, 0.1) is 6.42 Å². The maximum absolute atomic E-state index is 10.9. The molecule has 0 radical (unpaired) electrons. The third-order valence-corrected chi connectivity index (χ3v) is 5.10. The zero-order valence-corrected chi connectivity index (χ0v) is 28.4. The molecule has 0 spiro atoms. The molecule has 1 aliphatic carbocycles. The van der Waals surface area contributed by atoms with E-state index < -0.39 is 29.8 Å². The Morgan fingerprint density at radius 2 is 1.09 bits per heavy atom. The normalized spacial score (nSPS) is 14.2. The summed E-state index contributed by atoms with van der Waals surface area (Å²) in [4.78, 5) is 59.4. The maximum atomic E-state index is 10.9. The van der Waals surface area contributed by atoms with Crippen LogP contribution in [-0.4, -0.2) is 79.9 Å². The topological polar surface area (TPSA) is 263 Å². The van der Waals surface area contributed by atoms with Gasteiger partial charge < -0.3 is 49.7 Å². The molecule has 43 heavy (non-hydrogen) atoms. The number of amides is 1. The van der Waals surface area contributed by atoms with Gasteiger partial charge in [-0.05, 0) is 24.8 Å². The van der Waals surface area contributed by atoms with Crippen LogP contribution in [0.15, 0.2) is 30.3 Å². The van der Waals surface area contributed by atoms with Gasteiger partial charge in [-0.15, -0.1) is 0 Å². The Morgan fingerprint density at radius 1 is 0.674 bits per heavy atom. The number of nitrogens with one attached hydrogen (secondary N) is 3. The molecule has 1 fully saturated rings. The summed E-state index contributed by atoms with van der Waals surface area (Å²) in [6.45, 7) is 0.269. The Hall–Kier alpha value is -2.66. The summed E-state index contributed by atoms with van der Waals surface area (Å²) in [6, 6.07) is 9.77. The van der Waals surface area contributed by atoms with E-state index in [2.05, 4.69) is 5.32 Å². The average molecular weight is 975 g/mol. The molecule has 2 atom stereocenters. The first-order valence-electron chi connectivity index (χ1n) is 12.6. The summed E-state index contributed by atoms with van der Waals surface area (Å²) >= 11 is 0. The number of benzene rings is 1. The van der Waals surface area contributed by atoms with Crippen LogP contribution >= 0.6 is 0 Å². The first kappa shape index (κ1) is 50.0. The Kier molecular flexibility index (Phi) is 37.5. The van der Waals surface area contributed by atoms with Crippen LogP contribution in [0.25, 0.3) is 11.5 Å². The quantitative estimate of drug-likeness (QED) is 0.105. The number of rotatable bonds is 11. The van der Waals surface area contributed by atoms with Gasteiger partial charge in [-0.1, -0.05) is 56.0 Å². The second-order valence-electron chi connectivity index (χ2n) is 8.58. The summed E-state index contributed by atoms with van der Waals surface area (Å²) < 4.78 is 0. The molecule has 1 saturated carbocycles. The van der Waals surface area contributed by atoms with Crippen molar-refractivity contribution in [2.45, 2.75) is 82.7 Å². The number of carboxylic acids is 5. The minimum atomic E-state index is -1.82. The third-order valence-electron chi connectivity index (χ3n) is 5.10. The van der Waals surface area contributed by atoms with Crippen molar-refractivity contribution in [3.63, 3.8) is 0 Å². The summed E-state index contributed by atoms with van der Waals surface area (Å²) in [5.74, 6) is -6.66. The van der Waals surface area contributed by atoms with Crippen LogP contribution in [-0.2, 0) is 77.3 Å². The minimum absolute atomic E-state index is 0. The Bertz CT molecular complexity index is 901. The summed E-state index contributed by atoms with van der Waals surface area (Å²) in [5, 5.41) is 42.1. The standard InChI is InChI=1S/C10H12O2.C8H13NO5.C6H12N2.C2H2O4.CH3.2Pt/c11-10(12)8-4-7-9-5-2-1-3-6-9;10-6(3-4-8(13)14)9-5-1-2-7(11)12;7-5-3-1-2-4-6(5)8;3-1(4)2(5)6;;;/h1-3,5-6H,4,7-8H2,(H,11,12);1-5H2,(H,9,10)(H,11,12)(H,13,14);5-8H,1-4H2;(H,3,4)(H,5,6);1H3;;/q;;-2;;-1;;. The molecule has 2 unspecified atom stereocenters. The van der Waals surface area contributed by atoms with Gasteiger partial charge in [0.15, 0.2) is 0 Å². The first-order chi connectivity index (χ1) is 18.8. The van der Waals surface area contributed by atoms with Crippen molar-refractivity contribution in [1.82, 2.24) is 5.32 Å². The second-order valence-corrected chi connectivity index (χ2v) is 8.58. The molecular weight excluding hydrogens is 932 g/mol. The molecule has 0 bridgehead atoms. The van der Waals surface area contributed by atoms with Crippen LogP contribution in [0, 0.1) is 7.43 Å². The first-order valence-corrected chi connectivity index (χ1v) is 12.6. The van der Waals surface area contributed by atoms with Gasteiger partial charge in [0.1, 0.15) is 0 Å². The van der Waals surface area contributed by atoms with Crippen LogP contribution < -0.4 is 5.32 Å². The number of hydrogen-bond acceptors (Lipinski definition) is 6. The average Bonchev–Trinajstić information content (AvgIpc) is 2.88. The van der Waals surface area contributed by atoms with E-state index in [1.54, 1.807) is 0 Å². The van der Waals surface area contributed by atoms with Crippen molar-refractivity contribution in [2.75, 3.05) is 6.54 Å². The van der Waals surface area contributed by atoms with E-state index in [1.165, 1.54) is 18.4 Å². The summed E-state index contributed by atoms with van der Waals surface area (Å²) in [7, 11) is 0. The van der Waals surface area contributed by atoms with Crippen LogP contribution in [0.3, 0.4) is 0 Å². The van der Waals surface area contributed by atoms with Crippen molar-refractivity contribution >= 4 is 35.8 Å². The largest absolute Gasteiger partial charge is 0.676 e. The van der Waals surface area contributed by atoms with Gasteiger partial charge in [0.25, 0.3) is 0 Å². The minimum Gasteiger partial charge on any atom is -0.676 e. The van der Waals surface area contributed by atoms with Gasteiger partial charge >= 0.3 is 29.8 Å².